The number of benzene rings is 5. The first-order chi connectivity index (χ1) is 21.3. The maximum atomic E-state index is 13.9. The van der Waals surface area contributed by atoms with E-state index in [1.54, 1.807) is 0 Å². The maximum absolute atomic E-state index is 13.9. The third-order valence-electron chi connectivity index (χ3n) is 7.28. The molecular weight excluding hydrogens is 587 g/mol. The highest BCUT2D eigenvalue weighted by molar-refractivity contribution is 7.98. The number of nitrogens with one attached hydrogen (secondary N) is 1. The molecule has 0 aliphatic rings. The Bertz CT molecular complexity index is 1980. The molecule has 0 saturated carbocycles. The van der Waals surface area contributed by atoms with Gasteiger partial charge in [-0.2, -0.15) is 11.8 Å². The molecular formula is C35H24F3NO4S. The van der Waals surface area contributed by atoms with Crippen molar-refractivity contribution in [1.82, 2.24) is 5.32 Å². The standard InChI is InChI=1S/C35H24F3NO4S/c36-24-16-28(37)32(29(38)17-24)34(40)39-30(35(41)42)19-44-18-20-8-10-21(11-9-20)22-12-14-23(15-13-22)25-5-3-6-27-26-4-1-2-7-31(26)43-33(25)27/h1-17,30H,18-19H2,(H,39,40)(H,41,42)/t30-/m0/s1. The number of rotatable bonds is 9. The summed E-state index contributed by atoms with van der Waals surface area (Å²) >= 11 is 1.24. The molecule has 220 valence electrons. The average Bonchev–Trinajstić information content (AvgIpc) is 3.39. The lowest BCUT2D eigenvalue weighted by Gasteiger charge is -2.15. The molecule has 2 N–H and O–H groups in total. The van der Waals surface area contributed by atoms with E-state index in [-0.39, 0.29) is 5.75 Å². The fourth-order valence-electron chi connectivity index (χ4n) is 5.07. The van der Waals surface area contributed by atoms with Crippen LogP contribution in [0.4, 0.5) is 13.2 Å². The molecule has 0 unspecified atom stereocenters. The summed E-state index contributed by atoms with van der Waals surface area (Å²) in [4.78, 5) is 24.0. The predicted octanol–water partition coefficient (Wildman–Crippen LogP) is 8.45. The van der Waals surface area contributed by atoms with Crippen LogP contribution in [0.25, 0.3) is 44.2 Å². The van der Waals surface area contributed by atoms with Gasteiger partial charge in [0.15, 0.2) is 0 Å². The number of hydrogen-bond donors (Lipinski definition) is 2. The molecule has 0 saturated heterocycles. The molecule has 9 heteroatoms. The number of carboxylic acid groups (broad SMARTS) is 1. The number of amides is 1. The van der Waals surface area contributed by atoms with Gasteiger partial charge < -0.3 is 14.8 Å². The van der Waals surface area contributed by atoms with Crippen LogP contribution in [0.5, 0.6) is 0 Å². The van der Waals surface area contributed by atoms with Gasteiger partial charge in [-0.25, -0.2) is 18.0 Å². The lowest BCUT2D eigenvalue weighted by molar-refractivity contribution is -0.138. The van der Waals surface area contributed by atoms with Crippen LogP contribution in [0, 0.1) is 17.5 Å². The Labute approximate surface area is 254 Å². The zero-order chi connectivity index (χ0) is 30.8. The maximum Gasteiger partial charge on any atom is 0.327 e. The molecule has 0 aliphatic carbocycles. The minimum Gasteiger partial charge on any atom is -0.480 e. The van der Waals surface area contributed by atoms with Gasteiger partial charge in [-0.05, 0) is 28.3 Å². The molecule has 0 spiro atoms. The second kappa shape index (κ2) is 12.3. The molecule has 5 nitrogen and oxygen atoms in total. The summed E-state index contributed by atoms with van der Waals surface area (Å²) in [6.07, 6.45) is 0. The van der Waals surface area contributed by atoms with Crippen molar-refractivity contribution in [3.05, 3.63) is 132 Å². The van der Waals surface area contributed by atoms with Gasteiger partial charge >= 0.3 is 5.97 Å². The van der Waals surface area contributed by atoms with Crippen LogP contribution in [0.1, 0.15) is 15.9 Å². The number of carbonyl (C=O) groups excluding carboxylic acids is 1. The van der Waals surface area contributed by atoms with Crippen LogP contribution in [0.3, 0.4) is 0 Å². The van der Waals surface area contributed by atoms with Gasteiger partial charge in [-0.1, -0.05) is 84.9 Å². The van der Waals surface area contributed by atoms with Gasteiger partial charge in [0.25, 0.3) is 5.91 Å². The Hall–Kier alpha value is -5.02. The monoisotopic (exact) mass is 611 g/mol. The van der Waals surface area contributed by atoms with Crippen molar-refractivity contribution < 1.29 is 32.3 Å². The molecule has 6 rings (SSSR count). The Morgan fingerprint density at radius 3 is 2.07 bits per heavy atom. The predicted molar refractivity (Wildman–Crippen MR) is 166 cm³/mol. The zero-order valence-electron chi connectivity index (χ0n) is 23.0. The van der Waals surface area contributed by atoms with E-state index in [4.69, 9.17) is 4.42 Å². The molecule has 44 heavy (non-hydrogen) atoms. The van der Waals surface area contributed by atoms with Crippen LogP contribution in [-0.2, 0) is 10.5 Å². The molecule has 0 fully saturated rings. The van der Waals surface area contributed by atoms with Gasteiger partial charge in [0.1, 0.15) is 40.2 Å². The van der Waals surface area contributed by atoms with Crippen LogP contribution in [0.15, 0.2) is 108 Å². The van der Waals surface area contributed by atoms with Gasteiger partial charge in [0.05, 0.1) is 0 Å². The fourth-order valence-corrected chi connectivity index (χ4v) is 6.08. The van der Waals surface area contributed by atoms with Gasteiger partial charge in [-0.3, -0.25) is 4.79 Å². The zero-order valence-corrected chi connectivity index (χ0v) is 23.8. The van der Waals surface area contributed by atoms with E-state index >= 15 is 0 Å². The topological polar surface area (TPSA) is 79.5 Å². The summed E-state index contributed by atoms with van der Waals surface area (Å²) in [5, 5.41) is 13.8. The van der Waals surface area contributed by atoms with Crippen molar-refractivity contribution in [1.29, 1.82) is 0 Å². The molecule has 0 aliphatic heterocycles. The highest BCUT2D eigenvalue weighted by Gasteiger charge is 2.25. The SMILES string of the molecule is O=C(N[C@@H](CSCc1ccc(-c2ccc(-c3cccc4c3oc3ccccc34)cc2)cc1)C(=O)O)c1c(F)cc(F)cc1F. The van der Waals surface area contributed by atoms with E-state index in [0.29, 0.717) is 17.9 Å². The highest BCUT2D eigenvalue weighted by Crippen LogP contribution is 2.36. The molecule has 6 aromatic rings. The Kier molecular flexibility index (Phi) is 8.13. The molecule has 1 amide bonds. The molecule has 5 aromatic carbocycles. The number of fused-ring (bicyclic) bond motifs is 3. The van der Waals surface area contributed by atoms with Crippen molar-refractivity contribution >= 4 is 45.6 Å². The number of aliphatic carboxylic acids is 1. The van der Waals surface area contributed by atoms with Gasteiger partial charge in [-0.15, -0.1) is 0 Å². The molecule has 0 radical (unpaired) electrons. The number of furan rings is 1. The molecule has 1 aromatic heterocycles. The summed E-state index contributed by atoms with van der Waals surface area (Å²) in [5.74, 6) is -6.22. The first-order valence-electron chi connectivity index (χ1n) is 13.6. The summed E-state index contributed by atoms with van der Waals surface area (Å²) in [7, 11) is 0. The quantitative estimate of drug-likeness (QED) is 0.172. The summed E-state index contributed by atoms with van der Waals surface area (Å²) < 4.78 is 47.2. The second-order valence-electron chi connectivity index (χ2n) is 10.2. The van der Waals surface area contributed by atoms with Crippen molar-refractivity contribution in [2.24, 2.45) is 0 Å². The summed E-state index contributed by atoms with van der Waals surface area (Å²) in [6.45, 7) is 0. The van der Waals surface area contributed by atoms with Gasteiger partial charge in [0.2, 0.25) is 0 Å². The molecule has 1 atom stereocenters. The van der Waals surface area contributed by atoms with Crippen LogP contribution in [-0.4, -0.2) is 28.8 Å². The minimum atomic E-state index is -1.41. The van der Waals surface area contributed by atoms with E-state index in [0.717, 1.165) is 49.8 Å². The van der Waals surface area contributed by atoms with Crippen molar-refractivity contribution in [3.8, 4) is 22.3 Å². The molecule has 1 heterocycles. The van der Waals surface area contributed by atoms with E-state index in [9.17, 15) is 27.9 Å². The largest absolute Gasteiger partial charge is 0.480 e. The minimum absolute atomic E-state index is 0.0489. The normalized spacial score (nSPS) is 12.0. The third kappa shape index (κ3) is 5.91. The van der Waals surface area contributed by atoms with Crippen LogP contribution in [0.2, 0.25) is 0 Å². The first-order valence-corrected chi connectivity index (χ1v) is 14.8. The average molecular weight is 612 g/mol. The van der Waals surface area contributed by atoms with Crippen molar-refractivity contribution in [2.45, 2.75) is 11.8 Å². The summed E-state index contributed by atoms with van der Waals surface area (Å²) in [6, 6.07) is 29.5. The number of para-hydroxylation sites is 2. The van der Waals surface area contributed by atoms with Crippen LogP contribution < -0.4 is 5.32 Å². The van der Waals surface area contributed by atoms with Gasteiger partial charge in [0, 0.05) is 40.0 Å². The van der Waals surface area contributed by atoms with E-state index in [1.807, 2.05) is 66.7 Å². The highest BCUT2D eigenvalue weighted by atomic mass is 32.2. The number of thioether (sulfide) groups is 1. The van der Waals surface area contributed by atoms with Crippen LogP contribution >= 0.6 is 11.8 Å². The smallest absolute Gasteiger partial charge is 0.327 e. The second-order valence-corrected chi connectivity index (χ2v) is 11.2. The number of halogens is 3. The van der Waals surface area contributed by atoms with Crippen molar-refractivity contribution in [3.63, 3.8) is 0 Å². The lowest BCUT2D eigenvalue weighted by Crippen LogP contribution is -2.43. The van der Waals surface area contributed by atoms with E-state index < -0.39 is 40.9 Å². The van der Waals surface area contributed by atoms with E-state index in [1.165, 1.54) is 11.8 Å². The number of carboxylic acids is 1. The lowest BCUT2D eigenvalue weighted by atomic mass is 9.98. The molecule has 0 bridgehead atoms. The third-order valence-corrected chi connectivity index (χ3v) is 8.38. The van der Waals surface area contributed by atoms with Crippen molar-refractivity contribution in [2.75, 3.05) is 5.75 Å². The first kappa shape index (κ1) is 29.1. The number of hydrogen-bond acceptors (Lipinski definition) is 4. The fraction of sp³-hybridized carbons (Fsp3) is 0.0857. The Balaban J connectivity index is 1.09. The van der Waals surface area contributed by atoms with E-state index in [2.05, 4.69) is 29.6 Å². The Morgan fingerprint density at radius 1 is 0.773 bits per heavy atom. The number of carbonyl (C=O) groups is 2. The summed E-state index contributed by atoms with van der Waals surface area (Å²) in [5.41, 5.74) is 5.69. The Morgan fingerprint density at radius 2 is 1.39 bits per heavy atom.